The van der Waals surface area contributed by atoms with E-state index in [1.54, 1.807) is 0 Å². The van der Waals surface area contributed by atoms with Gasteiger partial charge in [-0.3, -0.25) is 9.59 Å². The highest BCUT2D eigenvalue weighted by Crippen LogP contribution is 2.12. The molecule has 0 saturated carbocycles. The summed E-state index contributed by atoms with van der Waals surface area (Å²) in [4.78, 5) is 23.0. The number of ether oxygens (including phenoxy) is 2. The van der Waals surface area contributed by atoms with Gasteiger partial charge < -0.3 is 9.47 Å². The van der Waals surface area contributed by atoms with Gasteiger partial charge in [-0.25, -0.2) is 0 Å². The fourth-order valence-electron chi connectivity index (χ4n) is 1.91. The molecule has 20 heavy (non-hydrogen) atoms. The number of esters is 2. The number of rotatable bonds is 11. The van der Waals surface area contributed by atoms with E-state index in [2.05, 4.69) is 6.92 Å². The van der Waals surface area contributed by atoms with E-state index < -0.39 is 0 Å². The van der Waals surface area contributed by atoms with E-state index in [4.69, 9.17) is 9.47 Å². The molecule has 0 amide bonds. The van der Waals surface area contributed by atoms with Crippen molar-refractivity contribution < 1.29 is 19.1 Å². The second-order valence-electron chi connectivity index (χ2n) is 5.46. The molecule has 1 atom stereocenters. The summed E-state index contributed by atoms with van der Waals surface area (Å²) < 4.78 is 10.4. The van der Waals surface area contributed by atoms with Crippen LogP contribution in [0.5, 0.6) is 0 Å². The zero-order valence-electron chi connectivity index (χ0n) is 13.4. The van der Waals surface area contributed by atoms with Crippen LogP contribution >= 0.6 is 0 Å². The lowest BCUT2D eigenvalue weighted by Gasteiger charge is -2.19. The predicted octanol–water partition coefficient (Wildman–Crippen LogP) is 3.87. The molecule has 0 aromatic heterocycles. The third kappa shape index (κ3) is 9.82. The first-order chi connectivity index (χ1) is 9.51. The van der Waals surface area contributed by atoms with Crippen LogP contribution in [0.15, 0.2) is 0 Å². The zero-order chi connectivity index (χ0) is 15.4. The van der Waals surface area contributed by atoms with Gasteiger partial charge in [0.15, 0.2) is 0 Å². The van der Waals surface area contributed by atoms with Crippen LogP contribution in [-0.4, -0.2) is 24.6 Å². The average molecular weight is 286 g/mol. The lowest BCUT2D eigenvalue weighted by molar-refractivity contribution is -0.151. The van der Waals surface area contributed by atoms with Crippen LogP contribution in [0.25, 0.3) is 0 Å². The number of hydrogen-bond donors (Lipinski definition) is 0. The zero-order valence-corrected chi connectivity index (χ0v) is 13.4. The normalized spacial score (nSPS) is 12.2. The van der Waals surface area contributed by atoms with Crippen LogP contribution in [0.4, 0.5) is 0 Å². The van der Waals surface area contributed by atoms with Gasteiger partial charge in [-0.2, -0.15) is 0 Å². The lowest BCUT2D eigenvalue weighted by atomic mass is 10.1. The van der Waals surface area contributed by atoms with Gasteiger partial charge in [0.2, 0.25) is 0 Å². The van der Waals surface area contributed by atoms with Gasteiger partial charge in [0.25, 0.3) is 0 Å². The van der Waals surface area contributed by atoms with Gasteiger partial charge in [0, 0.05) is 12.8 Å². The molecule has 0 spiro atoms. The highest BCUT2D eigenvalue weighted by Gasteiger charge is 2.16. The summed E-state index contributed by atoms with van der Waals surface area (Å²) in [5.74, 6) is -0.110. The first-order valence-electron chi connectivity index (χ1n) is 7.86. The summed E-state index contributed by atoms with van der Waals surface area (Å²) >= 11 is 0. The number of hydrogen-bond acceptors (Lipinski definition) is 4. The van der Waals surface area contributed by atoms with E-state index in [0.29, 0.717) is 25.4 Å². The Morgan fingerprint density at radius 3 is 2.15 bits per heavy atom. The Balaban J connectivity index is 3.67. The largest absolute Gasteiger partial charge is 0.466 e. The van der Waals surface area contributed by atoms with E-state index in [0.717, 1.165) is 25.7 Å². The van der Waals surface area contributed by atoms with Gasteiger partial charge in [-0.05, 0) is 25.2 Å². The van der Waals surface area contributed by atoms with Crippen LogP contribution in [-0.2, 0) is 19.1 Å². The standard InChI is InChI=1S/C16H30O4/c1-5-7-8-12-19-15(17)10-9-11-16(18)20-14(6-2)13(3)4/h13-14H,5-12H2,1-4H3. The molecule has 0 N–H and O–H groups in total. The van der Waals surface area contributed by atoms with Crippen LogP contribution in [0, 0.1) is 5.92 Å². The summed E-state index contributed by atoms with van der Waals surface area (Å²) in [7, 11) is 0. The minimum atomic E-state index is -0.218. The molecular weight excluding hydrogens is 256 g/mol. The van der Waals surface area contributed by atoms with Crippen molar-refractivity contribution in [2.24, 2.45) is 5.92 Å². The van der Waals surface area contributed by atoms with Crippen molar-refractivity contribution in [2.45, 2.75) is 78.7 Å². The minimum Gasteiger partial charge on any atom is -0.466 e. The number of carbonyl (C=O) groups excluding carboxylic acids is 2. The average Bonchev–Trinajstić information content (AvgIpc) is 2.40. The van der Waals surface area contributed by atoms with Gasteiger partial charge in [0.05, 0.1) is 6.61 Å². The van der Waals surface area contributed by atoms with Crippen LogP contribution < -0.4 is 0 Å². The van der Waals surface area contributed by atoms with E-state index in [-0.39, 0.29) is 24.5 Å². The highest BCUT2D eigenvalue weighted by molar-refractivity contribution is 5.72. The Morgan fingerprint density at radius 2 is 1.60 bits per heavy atom. The molecule has 0 aliphatic carbocycles. The minimum absolute atomic E-state index is 0.0245. The van der Waals surface area contributed by atoms with Crippen molar-refractivity contribution in [1.82, 2.24) is 0 Å². The number of carbonyl (C=O) groups is 2. The van der Waals surface area contributed by atoms with Gasteiger partial charge in [-0.1, -0.05) is 40.5 Å². The predicted molar refractivity (Wildman–Crippen MR) is 79.3 cm³/mol. The summed E-state index contributed by atoms with van der Waals surface area (Å²) in [6.45, 7) is 8.67. The number of unbranched alkanes of at least 4 members (excludes halogenated alkanes) is 2. The fraction of sp³-hybridized carbons (Fsp3) is 0.875. The molecule has 0 aliphatic heterocycles. The third-order valence-electron chi connectivity index (χ3n) is 3.20. The van der Waals surface area contributed by atoms with Crippen LogP contribution in [0.1, 0.15) is 72.6 Å². The maximum Gasteiger partial charge on any atom is 0.306 e. The molecule has 0 radical (unpaired) electrons. The second-order valence-corrected chi connectivity index (χ2v) is 5.46. The molecule has 0 rings (SSSR count). The molecule has 0 aromatic rings. The molecule has 118 valence electrons. The van der Waals surface area contributed by atoms with Crippen molar-refractivity contribution in [1.29, 1.82) is 0 Å². The Labute approximate surface area is 123 Å². The molecule has 0 bridgehead atoms. The summed E-state index contributed by atoms with van der Waals surface area (Å²) in [6, 6.07) is 0. The Bertz CT molecular complexity index is 274. The fourth-order valence-corrected chi connectivity index (χ4v) is 1.91. The van der Waals surface area contributed by atoms with Gasteiger partial charge in [0.1, 0.15) is 6.10 Å². The van der Waals surface area contributed by atoms with E-state index in [9.17, 15) is 9.59 Å². The topological polar surface area (TPSA) is 52.6 Å². The van der Waals surface area contributed by atoms with E-state index in [1.165, 1.54) is 0 Å². The lowest BCUT2D eigenvalue weighted by Crippen LogP contribution is -2.22. The van der Waals surface area contributed by atoms with Crippen LogP contribution in [0.2, 0.25) is 0 Å². The quantitative estimate of drug-likeness (QED) is 0.427. The van der Waals surface area contributed by atoms with E-state index >= 15 is 0 Å². The first-order valence-corrected chi connectivity index (χ1v) is 7.86. The van der Waals surface area contributed by atoms with Crippen molar-refractivity contribution in [3.8, 4) is 0 Å². The molecule has 0 aromatic carbocycles. The van der Waals surface area contributed by atoms with Crippen molar-refractivity contribution in [2.75, 3.05) is 6.61 Å². The maximum absolute atomic E-state index is 11.6. The Hall–Kier alpha value is -1.06. The monoisotopic (exact) mass is 286 g/mol. The highest BCUT2D eigenvalue weighted by atomic mass is 16.5. The molecule has 4 nitrogen and oxygen atoms in total. The van der Waals surface area contributed by atoms with Gasteiger partial charge in [-0.15, -0.1) is 0 Å². The maximum atomic E-state index is 11.6. The second kappa shape index (κ2) is 11.7. The van der Waals surface area contributed by atoms with Crippen LogP contribution in [0.3, 0.4) is 0 Å². The van der Waals surface area contributed by atoms with Gasteiger partial charge >= 0.3 is 11.9 Å². The smallest absolute Gasteiger partial charge is 0.306 e. The van der Waals surface area contributed by atoms with Crippen molar-refractivity contribution in [3.05, 3.63) is 0 Å². The van der Waals surface area contributed by atoms with Crippen molar-refractivity contribution in [3.63, 3.8) is 0 Å². The third-order valence-corrected chi connectivity index (χ3v) is 3.20. The Morgan fingerprint density at radius 1 is 0.950 bits per heavy atom. The van der Waals surface area contributed by atoms with E-state index in [1.807, 2.05) is 20.8 Å². The molecule has 1 unspecified atom stereocenters. The molecule has 4 heteroatoms. The molecule has 0 aliphatic rings. The summed E-state index contributed by atoms with van der Waals surface area (Å²) in [5, 5.41) is 0. The SMILES string of the molecule is CCCCCOC(=O)CCCC(=O)OC(CC)C(C)C. The Kier molecular flexibility index (Phi) is 11.1. The molecule has 0 heterocycles. The van der Waals surface area contributed by atoms with Crippen molar-refractivity contribution >= 4 is 11.9 Å². The molecule has 0 saturated heterocycles. The summed E-state index contributed by atoms with van der Waals surface area (Å²) in [5.41, 5.74) is 0. The molecular formula is C16H30O4. The molecule has 0 fully saturated rings. The summed E-state index contributed by atoms with van der Waals surface area (Å²) in [6.07, 6.45) is 4.97. The first kappa shape index (κ1) is 18.9.